The van der Waals surface area contributed by atoms with Crippen LogP contribution in [0.4, 0.5) is 22.0 Å². The fraction of sp³-hybridized carbons (Fsp3) is 0.300. The number of carbonyl (C=O) groups excluding carboxylic acids is 2. The summed E-state index contributed by atoms with van der Waals surface area (Å²) in [7, 11) is 0. The largest absolute Gasteiger partial charge is 0.461 e. The Morgan fingerprint density at radius 1 is 1.17 bits per heavy atom. The summed E-state index contributed by atoms with van der Waals surface area (Å²) in [6.45, 7) is 0. The lowest BCUT2D eigenvalue weighted by molar-refractivity contribution is -0.268. The Balaban J connectivity index is 2.81. The van der Waals surface area contributed by atoms with E-state index < -0.39 is 30.1 Å². The number of aromatic nitrogens is 1. The first kappa shape index (κ1) is 14.2. The molecule has 0 saturated carbocycles. The second kappa shape index (κ2) is 4.79. The highest BCUT2D eigenvalue weighted by molar-refractivity contribution is 6.09. The Morgan fingerprint density at radius 2 is 1.78 bits per heavy atom. The Morgan fingerprint density at radius 3 is 2.22 bits per heavy atom. The Labute approximate surface area is 97.6 Å². The van der Waals surface area contributed by atoms with Crippen molar-refractivity contribution in [2.24, 2.45) is 0 Å². The molecule has 0 N–H and O–H groups in total. The number of pyridine rings is 1. The van der Waals surface area contributed by atoms with E-state index in [1.807, 2.05) is 0 Å². The van der Waals surface area contributed by atoms with E-state index in [0.717, 1.165) is 12.3 Å². The highest BCUT2D eigenvalue weighted by Crippen LogP contribution is 2.37. The van der Waals surface area contributed by atoms with Crippen molar-refractivity contribution in [1.29, 1.82) is 0 Å². The standard InChI is InChI=1S/C10H6F5NO2/c11-9(12,10(13,14)15)8(18)4-7(17)6-2-1-3-16-5-6/h1-3,5H,4H2. The van der Waals surface area contributed by atoms with Crippen molar-refractivity contribution in [3.05, 3.63) is 30.1 Å². The molecule has 3 nitrogen and oxygen atoms in total. The van der Waals surface area contributed by atoms with Gasteiger partial charge in [-0.2, -0.15) is 22.0 Å². The van der Waals surface area contributed by atoms with Gasteiger partial charge in [0.15, 0.2) is 5.78 Å². The lowest BCUT2D eigenvalue weighted by Gasteiger charge is -2.17. The number of alkyl halides is 5. The Kier molecular flexibility index (Phi) is 3.78. The summed E-state index contributed by atoms with van der Waals surface area (Å²) in [4.78, 5) is 25.5. The average molecular weight is 267 g/mol. The molecule has 8 heteroatoms. The van der Waals surface area contributed by atoms with E-state index in [-0.39, 0.29) is 5.56 Å². The van der Waals surface area contributed by atoms with E-state index in [1.165, 1.54) is 12.3 Å². The zero-order valence-electron chi connectivity index (χ0n) is 8.67. The minimum Gasteiger partial charge on any atom is -0.294 e. The van der Waals surface area contributed by atoms with E-state index in [0.29, 0.717) is 0 Å². The van der Waals surface area contributed by atoms with Crippen LogP contribution in [0, 0.1) is 0 Å². The smallest absolute Gasteiger partial charge is 0.294 e. The predicted octanol–water partition coefficient (Wildman–Crippen LogP) is 2.42. The highest BCUT2D eigenvalue weighted by Gasteiger charge is 2.62. The normalized spacial score (nSPS) is 12.3. The lowest BCUT2D eigenvalue weighted by atomic mass is 10.0. The number of hydrogen-bond donors (Lipinski definition) is 0. The van der Waals surface area contributed by atoms with Gasteiger partial charge in [0, 0.05) is 18.0 Å². The summed E-state index contributed by atoms with van der Waals surface area (Å²) in [5.74, 6) is -9.15. The van der Waals surface area contributed by atoms with Gasteiger partial charge in [0.2, 0.25) is 5.78 Å². The molecule has 0 spiro atoms. The van der Waals surface area contributed by atoms with Crippen molar-refractivity contribution in [3.8, 4) is 0 Å². The molecule has 0 saturated heterocycles. The van der Waals surface area contributed by atoms with Crippen molar-refractivity contribution >= 4 is 11.6 Å². The van der Waals surface area contributed by atoms with Crippen LogP contribution in [-0.2, 0) is 4.79 Å². The average Bonchev–Trinajstić information content (AvgIpc) is 2.28. The van der Waals surface area contributed by atoms with Crippen LogP contribution < -0.4 is 0 Å². The molecule has 0 amide bonds. The fourth-order valence-corrected chi connectivity index (χ4v) is 1.04. The molecule has 0 aliphatic heterocycles. The molecule has 0 atom stereocenters. The third kappa shape index (κ3) is 2.88. The molecule has 1 aromatic rings. The second-order valence-electron chi connectivity index (χ2n) is 3.34. The summed E-state index contributed by atoms with van der Waals surface area (Å²) in [5.41, 5.74) is -0.205. The van der Waals surface area contributed by atoms with E-state index in [1.54, 1.807) is 0 Å². The van der Waals surface area contributed by atoms with Crippen LogP contribution in [0.5, 0.6) is 0 Å². The first-order chi connectivity index (χ1) is 8.16. The van der Waals surface area contributed by atoms with Crippen LogP contribution in [0.3, 0.4) is 0 Å². The number of carbonyl (C=O) groups is 2. The SMILES string of the molecule is O=C(CC(=O)C(F)(F)C(F)(F)F)c1cccnc1. The fourth-order valence-electron chi connectivity index (χ4n) is 1.04. The van der Waals surface area contributed by atoms with Crippen molar-refractivity contribution in [1.82, 2.24) is 4.98 Å². The van der Waals surface area contributed by atoms with Gasteiger partial charge in [0.25, 0.3) is 0 Å². The molecule has 0 fully saturated rings. The Bertz CT molecular complexity index is 455. The summed E-state index contributed by atoms with van der Waals surface area (Å²) in [6, 6.07) is 2.45. The van der Waals surface area contributed by atoms with E-state index in [4.69, 9.17) is 0 Å². The molecule has 0 aliphatic carbocycles. The third-order valence-electron chi connectivity index (χ3n) is 2.01. The number of halogens is 5. The first-order valence-electron chi connectivity index (χ1n) is 4.57. The van der Waals surface area contributed by atoms with Crippen LogP contribution in [0.15, 0.2) is 24.5 Å². The number of Topliss-reactive ketones (excluding diaryl/α,β-unsaturated/α-hetero) is 2. The third-order valence-corrected chi connectivity index (χ3v) is 2.01. The van der Waals surface area contributed by atoms with Crippen LogP contribution >= 0.6 is 0 Å². The van der Waals surface area contributed by atoms with Crippen molar-refractivity contribution in [2.45, 2.75) is 18.5 Å². The lowest BCUT2D eigenvalue weighted by Crippen LogP contribution is -2.44. The molecule has 1 aromatic heterocycles. The van der Waals surface area contributed by atoms with Gasteiger partial charge in [0.05, 0.1) is 6.42 Å². The molecule has 0 radical (unpaired) electrons. The molecule has 0 unspecified atom stereocenters. The van der Waals surface area contributed by atoms with Gasteiger partial charge in [-0.1, -0.05) is 0 Å². The molecule has 0 bridgehead atoms. The molecule has 0 aliphatic rings. The van der Waals surface area contributed by atoms with Crippen LogP contribution in [0.2, 0.25) is 0 Å². The number of ketones is 2. The van der Waals surface area contributed by atoms with E-state index >= 15 is 0 Å². The predicted molar refractivity (Wildman–Crippen MR) is 49.2 cm³/mol. The highest BCUT2D eigenvalue weighted by atomic mass is 19.4. The molecule has 98 valence electrons. The van der Waals surface area contributed by atoms with Crippen LogP contribution in [-0.4, -0.2) is 28.6 Å². The zero-order valence-corrected chi connectivity index (χ0v) is 8.67. The minimum absolute atomic E-state index is 0.205. The molecular weight excluding hydrogens is 261 g/mol. The number of nitrogens with zero attached hydrogens (tertiary/aromatic N) is 1. The van der Waals surface area contributed by atoms with Crippen LogP contribution in [0.25, 0.3) is 0 Å². The zero-order chi connectivity index (χ0) is 14.0. The van der Waals surface area contributed by atoms with Gasteiger partial charge in [0.1, 0.15) is 0 Å². The first-order valence-corrected chi connectivity index (χ1v) is 4.57. The van der Waals surface area contributed by atoms with Gasteiger partial charge in [-0.05, 0) is 12.1 Å². The summed E-state index contributed by atoms with van der Waals surface area (Å²) in [6.07, 6.45) is -5.28. The van der Waals surface area contributed by atoms with E-state index in [2.05, 4.69) is 4.98 Å². The van der Waals surface area contributed by atoms with Crippen molar-refractivity contribution in [3.63, 3.8) is 0 Å². The molecule has 1 rings (SSSR count). The van der Waals surface area contributed by atoms with Gasteiger partial charge in [-0.25, -0.2) is 0 Å². The molecule has 0 aromatic carbocycles. The second-order valence-corrected chi connectivity index (χ2v) is 3.34. The molecular formula is C10H6F5NO2. The van der Waals surface area contributed by atoms with Gasteiger partial charge in [-0.15, -0.1) is 0 Å². The number of hydrogen-bond acceptors (Lipinski definition) is 3. The maximum atomic E-state index is 12.6. The number of rotatable bonds is 4. The van der Waals surface area contributed by atoms with Crippen LogP contribution in [0.1, 0.15) is 16.8 Å². The van der Waals surface area contributed by atoms with Gasteiger partial charge >= 0.3 is 12.1 Å². The summed E-state index contributed by atoms with van der Waals surface area (Å²) >= 11 is 0. The summed E-state index contributed by atoms with van der Waals surface area (Å²) < 4.78 is 60.6. The van der Waals surface area contributed by atoms with Gasteiger partial charge in [-0.3, -0.25) is 14.6 Å². The van der Waals surface area contributed by atoms with E-state index in [9.17, 15) is 31.5 Å². The van der Waals surface area contributed by atoms with Gasteiger partial charge < -0.3 is 0 Å². The topological polar surface area (TPSA) is 47.0 Å². The van der Waals surface area contributed by atoms with Crippen molar-refractivity contribution in [2.75, 3.05) is 0 Å². The minimum atomic E-state index is -6.00. The Hall–Kier alpha value is -1.86. The maximum absolute atomic E-state index is 12.6. The molecule has 1 heterocycles. The molecule has 18 heavy (non-hydrogen) atoms. The maximum Gasteiger partial charge on any atom is 0.461 e. The summed E-state index contributed by atoms with van der Waals surface area (Å²) in [5, 5.41) is 0. The van der Waals surface area contributed by atoms with Crippen molar-refractivity contribution < 1.29 is 31.5 Å². The quantitative estimate of drug-likeness (QED) is 0.478. The monoisotopic (exact) mass is 267 g/mol.